The quantitative estimate of drug-likeness (QED) is 0.431. The van der Waals surface area contributed by atoms with E-state index in [1.165, 1.54) is 6.07 Å². The summed E-state index contributed by atoms with van der Waals surface area (Å²) in [6.45, 7) is 0. The fourth-order valence-corrected chi connectivity index (χ4v) is 3.27. The summed E-state index contributed by atoms with van der Waals surface area (Å²) in [4.78, 5) is 28.6. The molecule has 1 heterocycles. The SMILES string of the molecule is O=C(c1ccccc1)c1[nH]c2cc(Cl)ccc2c1NC(=O)c1c(F)cccc1F. The van der Waals surface area contributed by atoms with Crippen LogP contribution in [0.25, 0.3) is 10.9 Å². The molecule has 0 saturated carbocycles. The van der Waals surface area contributed by atoms with Crippen LogP contribution < -0.4 is 5.32 Å². The first-order valence-electron chi connectivity index (χ1n) is 8.62. The van der Waals surface area contributed by atoms with Gasteiger partial charge in [0.1, 0.15) is 22.9 Å². The van der Waals surface area contributed by atoms with Crippen molar-refractivity contribution in [3.05, 3.63) is 100 Å². The van der Waals surface area contributed by atoms with Crippen LogP contribution in [0.2, 0.25) is 5.02 Å². The maximum atomic E-state index is 14.0. The number of halogens is 3. The summed E-state index contributed by atoms with van der Waals surface area (Å²) in [5, 5.41) is 3.40. The molecule has 0 aliphatic carbocycles. The van der Waals surface area contributed by atoms with Crippen LogP contribution in [0, 0.1) is 11.6 Å². The van der Waals surface area contributed by atoms with Crippen molar-refractivity contribution in [2.75, 3.05) is 5.32 Å². The van der Waals surface area contributed by atoms with Gasteiger partial charge in [-0.2, -0.15) is 0 Å². The van der Waals surface area contributed by atoms with Crippen LogP contribution in [0.5, 0.6) is 0 Å². The normalized spacial score (nSPS) is 10.9. The Balaban J connectivity index is 1.84. The van der Waals surface area contributed by atoms with E-state index >= 15 is 0 Å². The number of hydrogen-bond acceptors (Lipinski definition) is 2. The van der Waals surface area contributed by atoms with Crippen molar-refractivity contribution < 1.29 is 18.4 Å². The number of rotatable bonds is 4. The summed E-state index contributed by atoms with van der Waals surface area (Å²) >= 11 is 6.03. The number of carbonyl (C=O) groups is 2. The van der Waals surface area contributed by atoms with Gasteiger partial charge in [0.2, 0.25) is 5.78 Å². The molecule has 29 heavy (non-hydrogen) atoms. The first kappa shape index (κ1) is 18.8. The lowest BCUT2D eigenvalue weighted by molar-refractivity contribution is 0.101. The molecule has 4 aromatic rings. The molecule has 0 aliphatic rings. The molecule has 1 aromatic heterocycles. The second-order valence-corrected chi connectivity index (χ2v) is 6.75. The van der Waals surface area contributed by atoms with Gasteiger partial charge in [-0.25, -0.2) is 8.78 Å². The predicted molar refractivity (Wildman–Crippen MR) is 107 cm³/mol. The Morgan fingerprint density at radius 2 is 1.59 bits per heavy atom. The van der Waals surface area contributed by atoms with Gasteiger partial charge in [0, 0.05) is 21.5 Å². The third kappa shape index (κ3) is 3.50. The summed E-state index contributed by atoms with van der Waals surface area (Å²) < 4.78 is 28.1. The lowest BCUT2D eigenvalue weighted by atomic mass is 10.1. The third-order valence-electron chi connectivity index (χ3n) is 4.45. The van der Waals surface area contributed by atoms with Crippen LogP contribution in [-0.4, -0.2) is 16.7 Å². The van der Waals surface area contributed by atoms with Crippen LogP contribution in [0.3, 0.4) is 0 Å². The molecule has 0 atom stereocenters. The highest BCUT2D eigenvalue weighted by Crippen LogP contribution is 2.32. The number of fused-ring (bicyclic) bond motifs is 1. The number of amides is 1. The van der Waals surface area contributed by atoms with Crippen molar-refractivity contribution in [3.8, 4) is 0 Å². The van der Waals surface area contributed by atoms with E-state index in [1.807, 2.05) is 0 Å². The number of aromatic amines is 1. The van der Waals surface area contributed by atoms with Crippen molar-refractivity contribution in [1.29, 1.82) is 0 Å². The monoisotopic (exact) mass is 410 g/mol. The minimum atomic E-state index is -1.00. The first-order valence-corrected chi connectivity index (χ1v) is 9.00. The fourth-order valence-electron chi connectivity index (χ4n) is 3.09. The molecule has 0 fully saturated rings. The van der Waals surface area contributed by atoms with Crippen molar-refractivity contribution in [2.24, 2.45) is 0 Å². The Morgan fingerprint density at radius 1 is 0.897 bits per heavy atom. The number of hydrogen-bond donors (Lipinski definition) is 2. The van der Waals surface area contributed by atoms with Gasteiger partial charge in [-0.15, -0.1) is 0 Å². The molecule has 3 aromatic carbocycles. The van der Waals surface area contributed by atoms with Crippen LogP contribution >= 0.6 is 11.6 Å². The number of carbonyl (C=O) groups excluding carboxylic acids is 2. The highest BCUT2D eigenvalue weighted by Gasteiger charge is 2.24. The summed E-state index contributed by atoms with van der Waals surface area (Å²) in [7, 11) is 0. The zero-order chi connectivity index (χ0) is 20.5. The Hall–Kier alpha value is -3.51. The van der Waals surface area contributed by atoms with Gasteiger partial charge in [0.25, 0.3) is 5.91 Å². The average molecular weight is 411 g/mol. The van der Waals surface area contributed by atoms with Crippen LogP contribution in [-0.2, 0) is 0 Å². The zero-order valence-corrected chi connectivity index (χ0v) is 15.6. The van der Waals surface area contributed by atoms with Gasteiger partial charge in [0.15, 0.2) is 0 Å². The van der Waals surface area contributed by atoms with Gasteiger partial charge in [0.05, 0.1) is 5.69 Å². The van der Waals surface area contributed by atoms with Crippen LogP contribution in [0.4, 0.5) is 14.5 Å². The third-order valence-corrected chi connectivity index (χ3v) is 4.69. The molecule has 0 aliphatic heterocycles. The minimum absolute atomic E-state index is 0.0820. The van der Waals surface area contributed by atoms with E-state index in [9.17, 15) is 18.4 Å². The predicted octanol–water partition coefficient (Wildman–Crippen LogP) is 5.58. The van der Waals surface area contributed by atoms with Crippen molar-refractivity contribution in [3.63, 3.8) is 0 Å². The lowest BCUT2D eigenvalue weighted by Crippen LogP contribution is -2.17. The van der Waals surface area contributed by atoms with E-state index in [0.29, 0.717) is 21.5 Å². The zero-order valence-electron chi connectivity index (χ0n) is 14.8. The van der Waals surface area contributed by atoms with Crippen LogP contribution in [0.15, 0.2) is 66.7 Å². The maximum absolute atomic E-state index is 14.0. The molecule has 4 nitrogen and oxygen atoms in total. The molecule has 0 saturated heterocycles. The Kier molecular flexibility index (Phi) is 4.86. The van der Waals surface area contributed by atoms with Gasteiger partial charge in [-0.1, -0.05) is 48.0 Å². The molecular formula is C22H13ClF2N2O2. The van der Waals surface area contributed by atoms with Crippen molar-refractivity contribution in [2.45, 2.75) is 0 Å². The highest BCUT2D eigenvalue weighted by atomic mass is 35.5. The van der Waals surface area contributed by atoms with Crippen molar-refractivity contribution in [1.82, 2.24) is 4.98 Å². The van der Waals surface area contributed by atoms with E-state index in [4.69, 9.17) is 11.6 Å². The minimum Gasteiger partial charge on any atom is -0.350 e. The second-order valence-electron chi connectivity index (χ2n) is 6.31. The topological polar surface area (TPSA) is 62.0 Å². The summed E-state index contributed by atoms with van der Waals surface area (Å²) in [6, 6.07) is 16.4. The Bertz CT molecular complexity index is 1230. The van der Waals surface area contributed by atoms with E-state index in [2.05, 4.69) is 10.3 Å². The maximum Gasteiger partial charge on any atom is 0.261 e. The second kappa shape index (κ2) is 7.48. The van der Waals surface area contributed by atoms with Gasteiger partial charge in [-0.3, -0.25) is 9.59 Å². The van der Waals surface area contributed by atoms with E-state index in [1.54, 1.807) is 48.5 Å². The van der Waals surface area contributed by atoms with Crippen LogP contribution in [0.1, 0.15) is 26.4 Å². The largest absolute Gasteiger partial charge is 0.350 e. The number of benzene rings is 3. The van der Waals surface area contributed by atoms with E-state index < -0.39 is 23.1 Å². The molecule has 1 amide bonds. The smallest absolute Gasteiger partial charge is 0.261 e. The summed E-state index contributed by atoms with van der Waals surface area (Å²) in [5.41, 5.74) is 0.365. The molecule has 7 heteroatoms. The number of aromatic nitrogens is 1. The molecule has 4 rings (SSSR count). The molecule has 0 bridgehead atoms. The molecule has 0 spiro atoms. The average Bonchev–Trinajstić information content (AvgIpc) is 3.05. The number of nitrogens with one attached hydrogen (secondary N) is 2. The molecule has 144 valence electrons. The molecular weight excluding hydrogens is 398 g/mol. The van der Waals surface area contributed by atoms with E-state index in [-0.39, 0.29) is 17.2 Å². The first-order chi connectivity index (χ1) is 14.0. The van der Waals surface area contributed by atoms with Gasteiger partial charge >= 0.3 is 0 Å². The molecule has 2 N–H and O–H groups in total. The van der Waals surface area contributed by atoms with Crippen molar-refractivity contribution >= 4 is 39.9 Å². The van der Waals surface area contributed by atoms with Gasteiger partial charge < -0.3 is 10.3 Å². The molecule has 0 radical (unpaired) electrons. The summed E-state index contributed by atoms with van der Waals surface area (Å²) in [6.07, 6.45) is 0. The molecule has 0 unspecified atom stereocenters. The highest BCUT2D eigenvalue weighted by molar-refractivity contribution is 6.31. The number of H-pyrrole nitrogens is 1. The lowest BCUT2D eigenvalue weighted by Gasteiger charge is -2.09. The number of ketones is 1. The summed E-state index contributed by atoms with van der Waals surface area (Å²) in [5.74, 6) is -3.39. The standard InChI is InChI=1S/C22H13ClF2N2O2/c23-13-9-10-14-17(11-13)26-20(21(28)12-5-2-1-3-6-12)19(14)27-22(29)18-15(24)7-4-8-16(18)25/h1-11,26H,(H,27,29). The van der Waals surface area contributed by atoms with Gasteiger partial charge in [-0.05, 0) is 30.3 Å². The Labute approximate surface area is 169 Å². The van der Waals surface area contributed by atoms with E-state index in [0.717, 1.165) is 12.1 Å². The fraction of sp³-hybridized carbons (Fsp3) is 0. The Morgan fingerprint density at radius 3 is 2.28 bits per heavy atom. The number of anilines is 1.